The van der Waals surface area contributed by atoms with Crippen molar-refractivity contribution in [2.24, 2.45) is 23.7 Å². The molecule has 0 fully saturated rings. The molecule has 2 atom stereocenters. The summed E-state index contributed by atoms with van der Waals surface area (Å²) in [5.41, 5.74) is 14.0. The predicted molar refractivity (Wildman–Crippen MR) is 246 cm³/mol. The zero-order valence-electron chi connectivity index (χ0n) is 36.2. The standard InChI is InChI=1S/2C22H25.C6H11BN2O2.2ClH.Zr/c2*1-15(2)12-17-8-5-6-10-20(17)21-11-7-9-18-13-19(16(3)4)14-22(18)21;1-3-5(10)8-7-9-6(11)4-2;;;/h2*5-11,13-16H,12H2,1-4H3;3-4H2,1-2H3,(H-,8,9,10,11);2*1H;/q;;;;;+1/p-1. The molecule has 2 amide bonds. The van der Waals surface area contributed by atoms with Crippen LogP contribution in [0.1, 0.15) is 123 Å². The van der Waals surface area contributed by atoms with Crippen molar-refractivity contribution in [3.8, 4) is 22.3 Å². The Labute approximate surface area is 356 Å². The Balaban J connectivity index is 1.71. The number of rotatable bonds is 15. The van der Waals surface area contributed by atoms with Gasteiger partial charge in [-0.1, -0.05) is 0 Å². The average molecular weight is 896 g/mol. The first kappa shape index (κ1) is 44.4. The minimum absolute atomic E-state index is 0.0764. The first-order valence-electron chi connectivity index (χ1n) is 21.5. The van der Waals surface area contributed by atoms with Gasteiger partial charge in [0.05, 0.1) is 0 Å². The van der Waals surface area contributed by atoms with Crippen LogP contribution in [0, 0.1) is 23.7 Å². The van der Waals surface area contributed by atoms with Crippen LogP contribution < -0.4 is 10.5 Å². The van der Waals surface area contributed by atoms with Gasteiger partial charge in [0.1, 0.15) is 0 Å². The van der Waals surface area contributed by atoms with Gasteiger partial charge in [-0.3, -0.25) is 0 Å². The molecule has 0 spiro atoms. The van der Waals surface area contributed by atoms with Crippen LogP contribution in [0.25, 0.3) is 34.4 Å². The van der Waals surface area contributed by atoms with Crippen LogP contribution in [-0.2, 0) is 38.6 Å². The maximum atomic E-state index is 13.8. The van der Waals surface area contributed by atoms with Crippen LogP contribution in [0.5, 0.6) is 0 Å². The van der Waals surface area contributed by atoms with Gasteiger partial charge in [0.15, 0.2) is 0 Å². The van der Waals surface area contributed by atoms with Gasteiger partial charge in [-0.15, -0.1) is 0 Å². The number of benzene rings is 4. The summed E-state index contributed by atoms with van der Waals surface area (Å²) < 4.78 is -1.81. The quantitative estimate of drug-likeness (QED) is 0.117. The summed E-state index contributed by atoms with van der Waals surface area (Å²) in [5.74, 6) is 0.734. The fraction of sp³-hybridized carbons (Fsp3) is 0.400. The van der Waals surface area contributed by atoms with Crippen LogP contribution in [0.4, 0.5) is 0 Å². The van der Waals surface area contributed by atoms with E-state index in [0.717, 1.165) is 57.4 Å². The Morgan fingerprint density at radius 3 is 1.28 bits per heavy atom. The van der Waals surface area contributed by atoms with Crippen molar-refractivity contribution in [1.82, 2.24) is 10.5 Å². The van der Waals surface area contributed by atoms with Gasteiger partial charge in [-0.2, -0.15) is 0 Å². The molecule has 8 heteroatoms. The molecule has 4 nitrogen and oxygen atoms in total. The molecule has 2 unspecified atom stereocenters. The van der Waals surface area contributed by atoms with E-state index in [-0.39, 0.29) is 36.5 Å². The molecule has 6 rings (SSSR count). The number of halogens is 2. The summed E-state index contributed by atoms with van der Waals surface area (Å²) in [6.45, 7) is 21.6. The first-order valence-corrected chi connectivity index (χ1v) is 32.1. The van der Waals surface area contributed by atoms with E-state index in [1.165, 1.54) is 22.3 Å². The zero-order chi connectivity index (χ0) is 42.1. The van der Waals surface area contributed by atoms with E-state index in [1.807, 2.05) is 13.8 Å². The number of allylic oxidation sites excluding steroid dienone is 2. The Kier molecular flexibility index (Phi) is 13.6. The SMILES string of the molecule is CCC(=O)N[B](NC(=O)CC)[Zr]([Cl])([Cl])([CH]1C(C(C)C)=Cc2c(-c3ccccc3CC(C)C)cccc21)[CH]1C(C(C)C)=Cc2c(-c3ccccc3CC(C)C)cccc21. The van der Waals surface area contributed by atoms with Crippen molar-refractivity contribution in [2.75, 3.05) is 0 Å². The van der Waals surface area contributed by atoms with Crippen molar-refractivity contribution in [1.29, 1.82) is 0 Å². The van der Waals surface area contributed by atoms with Crippen molar-refractivity contribution in [2.45, 2.75) is 102 Å². The number of fused-ring (bicyclic) bond motifs is 2. The predicted octanol–water partition coefficient (Wildman–Crippen LogP) is 13.3. The van der Waals surface area contributed by atoms with E-state index >= 15 is 0 Å². The molecule has 0 radical (unpaired) electrons. The second-order valence-electron chi connectivity index (χ2n) is 18.1. The second kappa shape index (κ2) is 17.8. The summed E-state index contributed by atoms with van der Waals surface area (Å²) in [4.78, 5) is 27.6. The summed E-state index contributed by atoms with van der Waals surface area (Å²) >= 11 is -6.07. The molecule has 4 aromatic rings. The molecular weight excluding hydrogens is 834 g/mol. The van der Waals surface area contributed by atoms with Crippen molar-refractivity contribution >= 4 is 45.5 Å². The molecule has 0 bridgehead atoms. The molecule has 0 aromatic heterocycles. The number of nitrogens with one attached hydrogen (secondary N) is 2. The Morgan fingerprint density at radius 1 is 0.569 bits per heavy atom. The van der Waals surface area contributed by atoms with Gasteiger partial charge in [-0.05, 0) is 0 Å². The van der Waals surface area contributed by atoms with Crippen LogP contribution in [-0.4, -0.2) is 16.3 Å². The number of hydrogen-bond acceptors (Lipinski definition) is 2. The first-order chi connectivity index (χ1) is 27.5. The summed E-state index contributed by atoms with van der Waals surface area (Å²) in [6, 6.07) is 30.6. The third kappa shape index (κ3) is 8.29. The van der Waals surface area contributed by atoms with Gasteiger partial charge in [-0.25, -0.2) is 0 Å². The van der Waals surface area contributed by atoms with Crippen LogP contribution in [0.2, 0.25) is 0 Å². The normalized spacial score (nSPS) is 16.9. The van der Waals surface area contributed by atoms with Crippen LogP contribution in [0.3, 0.4) is 0 Å². The molecule has 0 heterocycles. The molecule has 4 aromatic carbocycles. The molecule has 58 heavy (non-hydrogen) atoms. The number of hydrogen-bond donors (Lipinski definition) is 2. The van der Waals surface area contributed by atoms with E-state index in [4.69, 9.17) is 17.0 Å². The molecule has 0 aliphatic heterocycles. The molecule has 0 saturated carbocycles. The van der Waals surface area contributed by atoms with Crippen molar-refractivity contribution in [3.05, 3.63) is 129 Å². The Hall–Kier alpha value is -3.17. The monoisotopic (exact) mass is 893 g/mol. The summed E-state index contributed by atoms with van der Waals surface area (Å²) in [5, 5.41) is 6.61. The van der Waals surface area contributed by atoms with E-state index in [1.54, 1.807) is 0 Å². The number of amides is 2. The second-order valence-corrected chi connectivity index (χ2v) is 39.5. The summed E-state index contributed by atoms with van der Waals surface area (Å²) in [6.07, 6.45) is 7.06. The van der Waals surface area contributed by atoms with E-state index < -0.39 is 27.9 Å². The number of carbonyl (C=O) groups excluding carboxylic acids is 2. The van der Waals surface area contributed by atoms with Crippen LogP contribution >= 0.6 is 17.0 Å². The minimum atomic E-state index is -6.07. The van der Waals surface area contributed by atoms with Crippen molar-refractivity contribution in [3.63, 3.8) is 0 Å². The van der Waals surface area contributed by atoms with Gasteiger partial charge >= 0.3 is 359 Å². The molecule has 2 aliphatic rings. The average Bonchev–Trinajstić information content (AvgIpc) is 3.79. The summed E-state index contributed by atoms with van der Waals surface area (Å²) in [7, 11) is 17.9. The Bertz CT molecular complexity index is 2100. The molecular formula is C50H62BCl2N2O2Zr. The van der Waals surface area contributed by atoms with Gasteiger partial charge in [0.25, 0.3) is 0 Å². The van der Waals surface area contributed by atoms with Gasteiger partial charge < -0.3 is 0 Å². The topological polar surface area (TPSA) is 58.2 Å². The molecule has 305 valence electrons. The fourth-order valence-electron chi connectivity index (χ4n) is 9.69. The third-order valence-corrected chi connectivity index (χ3v) is 32.1. The van der Waals surface area contributed by atoms with Gasteiger partial charge in [0, 0.05) is 0 Å². The number of carbonyl (C=O) groups is 2. The fourth-order valence-corrected chi connectivity index (χ4v) is 30.7. The molecule has 2 N–H and O–H groups in total. The zero-order valence-corrected chi connectivity index (χ0v) is 40.1. The van der Waals surface area contributed by atoms with Gasteiger partial charge in [0.2, 0.25) is 0 Å². The van der Waals surface area contributed by atoms with Crippen molar-refractivity contribution < 1.29 is 25.8 Å². The van der Waals surface area contributed by atoms with Crippen LogP contribution in [0.15, 0.2) is 96.1 Å². The molecule has 0 saturated heterocycles. The van der Waals surface area contributed by atoms with E-state index in [2.05, 4.69) is 163 Å². The van der Waals surface area contributed by atoms with E-state index in [0.29, 0.717) is 11.8 Å². The van der Waals surface area contributed by atoms with E-state index in [9.17, 15) is 9.59 Å². The Morgan fingerprint density at radius 2 is 0.931 bits per heavy atom. The third-order valence-electron chi connectivity index (χ3n) is 12.3. The maximum absolute atomic E-state index is 13.8. The molecule has 2 aliphatic carbocycles.